The quantitative estimate of drug-likeness (QED) is 0.407. The van der Waals surface area contributed by atoms with E-state index in [0.717, 1.165) is 12.5 Å². The average Bonchev–Trinajstić information content (AvgIpc) is 3.15. The van der Waals surface area contributed by atoms with Gasteiger partial charge in [0.1, 0.15) is 0 Å². The summed E-state index contributed by atoms with van der Waals surface area (Å²) in [6.45, 7) is 15.9. The monoisotopic (exact) mass is 385 g/mol. The fraction of sp³-hybridized carbons (Fsp3) is 0.739. The standard InChI is InChI=1S/C6H10FN.C6H15N.C5H11N.C4H6.C2H6/c1-5(7)3-4-6(2)8;1-3-6(4-2)5-7;6-5-3-1-2-4-5;1-3-4-2;1-2/h3-4H,8H2,1-2H3;6H,3-5,7H2,1-2H3;5H,1-4,6H2;1-2H3;1-2H3/b5-3+,6-4+;;;;. The molecule has 162 valence electrons. The fourth-order valence-corrected chi connectivity index (χ4v) is 1.83. The van der Waals surface area contributed by atoms with E-state index >= 15 is 0 Å². The predicted octanol–water partition coefficient (Wildman–Crippen LogP) is 6.05. The highest BCUT2D eigenvalue weighted by atomic mass is 19.1. The summed E-state index contributed by atoms with van der Waals surface area (Å²) in [5, 5.41) is 0. The maximum absolute atomic E-state index is 11.8. The lowest BCUT2D eigenvalue weighted by atomic mass is 10.0. The van der Waals surface area contributed by atoms with E-state index in [1.807, 2.05) is 27.7 Å². The smallest absolute Gasteiger partial charge is 0.0969 e. The van der Waals surface area contributed by atoms with Gasteiger partial charge in [-0.2, -0.15) is 0 Å². The van der Waals surface area contributed by atoms with Crippen LogP contribution < -0.4 is 17.2 Å². The van der Waals surface area contributed by atoms with E-state index in [0.29, 0.717) is 11.7 Å². The van der Waals surface area contributed by atoms with Gasteiger partial charge in [-0.1, -0.05) is 53.4 Å². The summed E-state index contributed by atoms with van der Waals surface area (Å²) in [4.78, 5) is 0. The zero-order valence-electron chi connectivity index (χ0n) is 19.4. The van der Waals surface area contributed by atoms with Crippen LogP contribution in [0.5, 0.6) is 0 Å². The molecule has 0 aromatic rings. The van der Waals surface area contributed by atoms with Crippen molar-refractivity contribution in [2.75, 3.05) is 6.54 Å². The molecule has 1 rings (SSSR count). The lowest BCUT2D eigenvalue weighted by Crippen LogP contribution is -2.13. The number of rotatable bonds is 4. The van der Waals surface area contributed by atoms with Crippen LogP contribution in [0.2, 0.25) is 0 Å². The van der Waals surface area contributed by atoms with Gasteiger partial charge in [0.25, 0.3) is 0 Å². The molecule has 0 heterocycles. The Kier molecular flexibility index (Phi) is 36.3. The molecule has 0 amide bonds. The summed E-state index contributed by atoms with van der Waals surface area (Å²) in [6, 6.07) is 0.546. The van der Waals surface area contributed by atoms with Crippen molar-refractivity contribution in [3.8, 4) is 11.8 Å². The molecule has 0 aromatic heterocycles. The van der Waals surface area contributed by atoms with Gasteiger partial charge in [0, 0.05) is 11.7 Å². The van der Waals surface area contributed by atoms with Gasteiger partial charge in [0.05, 0.1) is 5.83 Å². The minimum atomic E-state index is -0.227. The lowest BCUT2D eigenvalue weighted by molar-refractivity contribution is 0.505. The van der Waals surface area contributed by atoms with Crippen molar-refractivity contribution < 1.29 is 4.39 Å². The van der Waals surface area contributed by atoms with Crippen molar-refractivity contribution in [3.63, 3.8) is 0 Å². The Hall–Kier alpha value is -1.31. The third-order valence-electron chi connectivity index (χ3n) is 3.71. The second-order valence-electron chi connectivity index (χ2n) is 6.13. The lowest BCUT2D eigenvalue weighted by Gasteiger charge is -2.05. The van der Waals surface area contributed by atoms with E-state index in [1.54, 1.807) is 6.92 Å². The largest absolute Gasteiger partial charge is 0.402 e. The minimum Gasteiger partial charge on any atom is -0.402 e. The summed E-state index contributed by atoms with van der Waals surface area (Å²) in [5.41, 5.74) is 16.7. The highest BCUT2D eigenvalue weighted by Gasteiger charge is 2.07. The van der Waals surface area contributed by atoms with Crippen LogP contribution in [-0.2, 0) is 0 Å². The number of hydrogen-bond donors (Lipinski definition) is 3. The van der Waals surface area contributed by atoms with Crippen molar-refractivity contribution in [1.29, 1.82) is 0 Å². The molecule has 27 heavy (non-hydrogen) atoms. The molecule has 0 unspecified atom stereocenters. The van der Waals surface area contributed by atoms with Crippen molar-refractivity contribution in [2.45, 2.75) is 100.0 Å². The summed E-state index contributed by atoms with van der Waals surface area (Å²) in [5.74, 6) is 5.90. The molecule has 6 N–H and O–H groups in total. The SMILES string of the molecule is C/C(N)=C\C=C(/C)F.CC.CC#CC.CCC(CC)CN.NC1CCCC1. The van der Waals surface area contributed by atoms with Crippen molar-refractivity contribution in [1.82, 2.24) is 0 Å². The first-order valence-corrected chi connectivity index (χ1v) is 10.3. The molecule has 1 fully saturated rings. The third kappa shape index (κ3) is 40.6. The van der Waals surface area contributed by atoms with Crippen LogP contribution in [0, 0.1) is 17.8 Å². The van der Waals surface area contributed by atoms with Crippen LogP contribution >= 0.6 is 0 Å². The molecule has 0 aliphatic heterocycles. The van der Waals surface area contributed by atoms with E-state index in [-0.39, 0.29) is 5.83 Å². The van der Waals surface area contributed by atoms with E-state index in [9.17, 15) is 4.39 Å². The van der Waals surface area contributed by atoms with Gasteiger partial charge in [-0.3, -0.25) is 0 Å². The number of allylic oxidation sites excluding steroid dienone is 4. The zero-order chi connectivity index (χ0) is 22.1. The van der Waals surface area contributed by atoms with Crippen LogP contribution in [0.4, 0.5) is 4.39 Å². The highest BCUT2D eigenvalue weighted by Crippen LogP contribution is 2.14. The number of nitrogens with two attached hydrogens (primary N) is 3. The molecule has 3 nitrogen and oxygen atoms in total. The Labute approximate surface area is 170 Å². The van der Waals surface area contributed by atoms with Gasteiger partial charge in [-0.05, 0) is 65.2 Å². The van der Waals surface area contributed by atoms with Gasteiger partial charge < -0.3 is 17.2 Å². The minimum absolute atomic E-state index is 0.227. The first-order valence-electron chi connectivity index (χ1n) is 10.3. The molecule has 0 spiro atoms. The van der Waals surface area contributed by atoms with E-state index < -0.39 is 0 Å². The van der Waals surface area contributed by atoms with Gasteiger partial charge in [-0.25, -0.2) is 4.39 Å². The average molecular weight is 386 g/mol. The van der Waals surface area contributed by atoms with Crippen LogP contribution in [0.15, 0.2) is 23.7 Å². The molecule has 1 saturated carbocycles. The summed E-state index contributed by atoms with van der Waals surface area (Å²) in [6.07, 6.45) is 10.6. The maximum atomic E-state index is 11.8. The predicted molar refractivity (Wildman–Crippen MR) is 123 cm³/mol. The first kappa shape index (κ1) is 33.3. The van der Waals surface area contributed by atoms with E-state index in [4.69, 9.17) is 17.2 Å². The Morgan fingerprint density at radius 2 is 1.44 bits per heavy atom. The summed E-state index contributed by atoms with van der Waals surface area (Å²) in [7, 11) is 0. The molecule has 0 aromatic carbocycles. The van der Waals surface area contributed by atoms with Crippen molar-refractivity contribution in [2.24, 2.45) is 23.1 Å². The zero-order valence-corrected chi connectivity index (χ0v) is 19.4. The van der Waals surface area contributed by atoms with Crippen LogP contribution in [0.25, 0.3) is 0 Å². The number of halogens is 1. The Morgan fingerprint density at radius 1 is 1.04 bits per heavy atom. The van der Waals surface area contributed by atoms with Gasteiger partial charge in [0.2, 0.25) is 0 Å². The third-order valence-corrected chi connectivity index (χ3v) is 3.71. The second-order valence-corrected chi connectivity index (χ2v) is 6.13. The van der Waals surface area contributed by atoms with Crippen molar-refractivity contribution in [3.05, 3.63) is 23.7 Å². The van der Waals surface area contributed by atoms with Crippen LogP contribution in [-0.4, -0.2) is 12.6 Å². The second kappa shape index (κ2) is 29.5. The van der Waals surface area contributed by atoms with E-state index in [2.05, 4.69) is 25.7 Å². The normalized spacial score (nSPS) is 13.3. The Balaban J connectivity index is -0.000000129. The Bertz CT molecular complexity index is 347. The maximum Gasteiger partial charge on any atom is 0.0969 e. The molecule has 1 aliphatic carbocycles. The number of hydrogen-bond acceptors (Lipinski definition) is 3. The summed E-state index contributed by atoms with van der Waals surface area (Å²) < 4.78 is 11.8. The van der Waals surface area contributed by atoms with Crippen LogP contribution in [0.1, 0.15) is 93.9 Å². The first-order chi connectivity index (χ1) is 12.8. The topological polar surface area (TPSA) is 78.1 Å². The molecular formula is C23H48FN3. The summed E-state index contributed by atoms with van der Waals surface area (Å²) >= 11 is 0. The van der Waals surface area contributed by atoms with Gasteiger partial charge >= 0.3 is 0 Å². The van der Waals surface area contributed by atoms with Gasteiger partial charge in [0.15, 0.2) is 0 Å². The molecule has 0 atom stereocenters. The molecule has 0 radical (unpaired) electrons. The Morgan fingerprint density at radius 3 is 1.52 bits per heavy atom. The molecule has 0 bridgehead atoms. The molecule has 1 aliphatic rings. The van der Waals surface area contributed by atoms with Gasteiger partial charge in [-0.15, -0.1) is 11.8 Å². The fourth-order valence-electron chi connectivity index (χ4n) is 1.83. The molecule has 0 saturated heterocycles. The van der Waals surface area contributed by atoms with Crippen molar-refractivity contribution >= 4 is 0 Å². The molecular weight excluding hydrogens is 337 g/mol. The van der Waals surface area contributed by atoms with E-state index in [1.165, 1.54) is 57.6 Å². The molecule has 4 heteroatoms. The van der Waals surface area contributed by atoms with Crippen LogP contribution in [0.3, 0.4) is 0 Å². The highest BCUT2D eigenvalue weighted by molar-refractivity contribution is 5.09.